The maximum atomic E-state index is 2.99. The maximum Gasteiger partial charge on any atom is -0.0809 e. The van der Waals surface area contributed by atoms with E-state index in [1.807, 2.05) is 12.2 Å². The molecule has 0 spiro atoms. The first kappa shape index (κ1) is 22.3. The predicted octanol–water partition coefficient (Wildman–Crippen LogP) is 5.77. The molecule has 0 radical (unpaired) electrons. The summed E-state index contributed by atoms with van der Waals surface area (Å²) in [6, 6.07) is 14.7. The van der Waals surface area contributed by atoms with E-state index < -0.39 is 0 Å². The van der Waals surface area contributed by atoms with Gasteiger partial charge in [0.15, 0.2) is 0 Å². The van der Waals surface area contributed by atoms with Crippen molar-refractivity contribution in [1.82, 2.24) is 0 Å². The van der Waals surface area contributed by atoms with E-state index in [9.17, 15) is 0 Å². The van der Waals surface area contributed by atoms with Gasteiger partial charge in [-0.05, 0) is 0 Å². The van der Waals surface area contributed by atoms with Gasteiger partial charge in [0, 0.05) is 0 Å². The van der Waals surface area contributed by atoms with Crippen molar-refractivity contribution in [2.75, 3.05) is 0 Å². The molecule has 3 heteroatoms. The Labute approximate surface area is 157 Å². The fourth-order valence-electron chi connectivity index (χ4n) is 1.41. The number of fused-ring (bicyclic) bond motifs is 1. The maximum absolute atomic E-state index is 2.99. The molecular weight excluding hydrogens is 542 g/mol. The van der Waals surface area contributed by atoms with Crippen LogP contribution in [0, 0.1) is 6.08 Å². The Balaban J connectivity index is 0. The first-order chi connectivity index (χ1) is 8.70. The molecule has 0 saturated carbocycles. The zero-order valence-electron chi connectivity index (χ0n) is 11.8. The Morgan fingerprint density at radius 3 is 2.25 bits per heavy atom. The molecule has 2 aromatic rings. The van der Waals surface area contributed by atoms with Gasteiger partial charge in [-0.15, -0.1) is 70.0 Å². The van der Waals surface area contributed by atoms with Gasteiger partial charge < -0.3 is 0 Å². The van der Waals surface area contributed by atoms with Crippen LogP contribution < -0.4 is 0 Å². The van der Waals surface area contributed by atoms with Gasteiger partial charge in [0.05, 0.1) is 0 Å². The first-order valence-corrected chi connectivity index (χ1v) is 7.83. The predicted molar refractivity (Wildman–Crippen MR) is 98.1 cm³/mol. The van der Waals surface area contributed by atoms with Crippen molar-refractivity contribution in [1.29, 1.82) is 0 Å². The van der Waals surface area contributed by atoms with Crippen molar-refractivity contribution >= 4 is 48.0 Å². The summed E-state index contributed by atoms with van der Waals surface area (Å²) in [4.78, 5) is 0. The third kappa shape index (κ3) is 10.8. The zero-order valence-corrected chi connectivity index (χ0v) is 18.8. The van der Waals surface area contributed by atoms with Gasteiger partial charge in [-0.1, -0.05) is 6.07 Å². The molecular formula is C17H20Br2Hf. The van der Waals surface area contributed by atoms with E-state index in [4.69, 9.17) is 0 Å². The number of benzene rings is 1. The number of hydrogen-bond acceptors (Lipinski definition) is 0. The molecule has 106 valence electrons. The van der Waals surface area contributed by atoms with E-state index in [1.165, 1.54) is 34.7 Å². The third-order valence-corrected chi connectivity index (χ3v) is 2.13. The van der Waals surface area contributed by atoms with Crippen molar-refractivity contribution in [3.8, 4) is 0 Å². The molecule has 20 heavy (non-hydrogen) atoms. The van der Waals surface area contributed by atoms with E-state index in [2.05, 4.69) is 68.5 Å². The van der Waals surface area contributed by atoms with Gasteiger partial charge in [0.1, 0.15) is 0 Å². The summed E-state index contributed by atoms with van der Waals surface area (Å²) in [6.07, 6.45) is 10.0. The van der Waals surface area contributed by atoms with Crippen LogP contribution >= 0.6 is 34.0 Å². The standard InChI is InChI=1S/C9H7.C5H5.C3H6.2BrH.Hf/c1-2-5-9-7-3-6-8(9)4-1;1-2-4-5-3-1;1-3-2;;;/h1-7H;1-3H,4H2;1-2H3;2*1H;/q2*-1;;;;+2. The molecule has 0 atom stereocenters. The van der Waals surface area contributed by atoms with Crippen molar-refractivity contribution in [2.24, 2.45) is 0 Å². The minimum absolute atomic E-state index is 0. The van der Waals surface area contributed by atoms with E-state index in [-0.39, 0.29) is 34.0 Å². The molecule has 0 unspecified atom stereocenters. The summed E-state index contributed by atoms with van der Waals surface area (Å²) in [5.41, 5.74) is 0. The molecule has 1 aliphatic rings. The Hall–Kier alpha value is 0.0101. The Morgan fingerprint density at radius 1 is 1.15 bits per heavy atom. The van der Waals surface area contributed by atoms with Gasteiger partial charge >= 0.3 is 41.0 Å². The van der Waals surface area contributed by atoms with Crippen molar-refractivity contribution in [3.05, 3.63) is 66.8 Å². The minimum Gasteiger partial charge on any atom is -0.273 e. The molecule has 0 aromatic heterocycles. The van der Waals surface area contributed by atoms with Crippen LogP contribution in [0.5, 0.6) is 0 Å². The molecule has 3 rings (SSSR count). The van der Waals surface area contributed by atoms with Crippen LogP contribution in [0.3, 0.4) is 0 Å². The minimum atomic E-state index is 0. The zero-order chi connectivity index (χ0) is 13.2. The van der Waals surface area contributed by atoms with E-state index in [1.54, 1.807) is 3.26 Å². The topological polar surface area (TPSA) is 0 Å². The molecule has 0 N–H and O–H groups in total. The van der Waals surface area contributed by atoms with Crippen LogP contribution in [0.15, 0.2) is 60.7 Å². The summed E-state index contributed by atoms with van der Waals surface area (Å²) in [6.45, 7) is 4.29. The van der Waals surface area contributed by atoms with Crippen LogP contribution in [-0.4, -0.2) is 3.26 Å². The molecule has 2 aromatic carbocycles. The third-order valence-electron chi connectivity index (χ3n) is 2.13. The SMILES string of the molecule is Br.Br.C[C](C)=[Hf+2].[C-]1=CC=CC1.c1ccc2[cH-]ccc2c1. The first-order valence-electron chi connectivity index (χ1n) is 6.04. The van der Waals surface area contributed by atoms with Crippen molar-refractivity contribution < 1.29 is 23.9 Å². The summed E-state index contributed by atoms with van der Waals surface area (Å²) in [7, 11) is 0. The average molecular weight is 563 g/mol. The molecule has 0 saturated heterocycles. The number of allylic oxidation sites excluding steroid dienone is 4. The van der Waals surface area contributed by atoms with E-state index >= 15 is 0 Å². The Bertz CT molecular complexity index is 494. The second kappa shape index (κ2) is 14.0. The number of hydrogen-bond donors (Lipinski definition) is 0. The Morgan fingerprint density at radius 2 is 1.80 bits per heavy atom. The van der Waals surface area contributed by atoms with Gasteiger partial charge in [-0.25, -0.2) is 12.2 Å². The second-order valence-corrected chi connectivity index (χ2v) is 7.75. The largest absolute Gasteiger partial charge is 0.273 e. The molecule has 1 aliphatic carbocycles. The van der Waals surface area contributed by atoms with Gasteiger partial charge in [0.2, 0.25) is 0 Å². The molecule has 0 amide bonds. The van der Waals surface area contributed by atoms with Crippen LogP contribution in [0.4, 0.5) is 0 Å². The number of halogens is 2. The fourth-order valence-corrected chi connectivity index (χ4v) is 1.41. The van der Waals surface area contributed by atoms with Crippen molar-refractivity contribution in [2.45, 2.75) is 20.3 Å². The monoisotopic (exact) mass is 562 g/mol. The number of rotatable bonds is 0. The summed E-state index contributed by atoms with van der Waals surface area (Å²) in [5, 5.41) is 2.66. The van der Waals surface area contributed by atoms with Gasteiger partial charge in [-0.2, -0.15) is 23.6 Å². The second-order valence-electron chi connectivity index (χ2n) is 4.16. The summed E-state index contributed by atoms with van der Waals surface area (Å²) in [5.74, 6) is 0. The van der Waals surface area contributed by atoms with Gasteiger partial charge in [0.25, 0.3) is 0 Å². The normalized spacial score (nSPS) is 10.4. The van der Waals surface area contributed by atoms with Crippen LogP contribution in [0.25, 0.3) is 10.8 Å². The summed E-state index contributed by atoms with van der Waals surface area (Å²) < 4.78 is 1.56. The average Bonchev–Trinajstić information content (AvgIpc) is 3.03. The molecule has 0 fully saturated rings. The quantitative estimate of drug-likeness (QED) is 0.283. The van der Waals surface area contributed by atoms with Gasteiger partial charge in [-0.3, -0.25) is 6.08 Å². The molecule has 0 nitrogen and oxygen atoms in total. The summed E-state index contributed by atoms with van der Waals surface area (Å²) >= 11 is 1.27. The fraction of sp³-hybridized carbons (Fsp3) is 0.176. The van der Waals surface area contributed by atoms with E-state index in [0.717, 1.165) is 6.42 Å². The molecule has 0 aliphatic heterocycles. The molecule has 0 bridgehead atoms. The van der Waals surface area contributed by atoms with Crippen LogP contribution in [-0.2, 0) is 23.9 Å². The van der Waals surface area contributed by atoms with Crippen molar-refractivity contribution in [3.63, 3.8) is 0 Å². The Kier molecular flexibility index (Phi) is 15.6. The van der Waals surface area contributed by atoms with Crippen LogP contribution in [0.2, 0.25) is 0 Å². The smallest absolute Gasteiger partial charge is 0.0809 e. The van der Waals surface area contributed by atoms with E-state index in [0.29, 0.717) is 0 Å². The van der Waals surface area contributed by atoms with Crippen LogP contribution in [0.1, 0.15) is 20.3 Å². The molecule has 0 heterocycles.